The quantitative estimate of drug-likeness (QED) is 0.597. The Kier molecular flexibility index (Phi) is 4.02. The van der Waals surface area contributed by atoms with Crippen molar-refractivity contribution in [1.82, 2.24) is 0 Å². The SMILES string of the molecule is CCCOc1ccc(C(=O)C2OC2c2ccccc2)cc1. The number of carbonyl (C=O) groups excluding carboxylic acids is 1. The molecule has 1 heterocycles. The molecule has 108 valence electrons. The van der Waals surface area contributed by atoms with Crippen LogP contribution in [0.3, 0.4) is 0 Å². The van der Waals surface area contributed by atoms with Crippen molar-refractivity contribution in [2.24, 2.45) is 0 Å². The zero-order valence-electron chi connectivity index (χ0n) is 12.0. The van der Waals surface area contributed by atoms with Crippen molar-refractivity contribution in [1.29, 1.82) is 0 Å². The van der Waals surface area contributed by atoms with Gasteiger partial charge in [0.15, 0.2) is 11.9 Å². The highest BCUT2D eigenvalue weighted by molar-refractivity contribution is 6.01. The van der Waals surface area contributed by atoms with Crippen molar-refractivity contribution >= 4 is 5.78 Å². The molecule has 2 aromatic carbocycles. The first-order valence-electron chi connectivity index (χ1n) is 7.27. The van der Waals surface area contributed by atoms with Crippen LogP contribution in [0.2, 0.25) is 0 Å². The Morgan fingerprint density at radius 1 is 1.10 bits per heavy atom. The van der Waals surface area contributed by atoms with E-state index >= 15 is 0 Å². The Hall–Kier alpha value is -2.13. The van der Waals surface area contributed by atoms with Crippen molar-refractivity contribution in [2.45, 2.75) is 25.6 Å². The molecule has 0 aromatic heterocycles. The highest BCUT2D eigenvalue weighted by Crippen LogP contribution is 2.40. The van der Waals surface area contributed by atoms with Crippen molar-refractivity contribution in [2.75, 3.05) is 6.61 Å². The molecule has 3 nitrogen and oxygen atoms in total. The first-order chi connectivity index (χ1) is 10.3. The number of ether oxygens (including phenoxy) is 2. The minimum atomic E-state index is -0.352. The molecule has 0 radical (unpaired) electrons. The van der Waals surface area contributed by atoms with Gasteiger partial charge in [0.25, 0.3) is 0 Å². The summed E-state index contributed by atoms with van der Waals surface area (Å²) in [5, 5.41) is 0. The first-order valence-corrected chi connectivity index (χ1v) is 7.27. The third kappa shape index (κ3) is 3.14. The van der Waals surface area contributed by atoms with E-state index in [1.807, 2.05) is 42.5 Å². The fraction of sp³-hybridized carbons (Fsp3) is 0.278. The van der Waals surface area contributed by atoms with Crippen LogP contribution in [-0.2, 0) is 4.74 Å². The number of benzene rings is 2. The number of hydrogen-bond donors (Lipinski definition) is 0. The summed E-state index contributed by atoms with van der Waals surface area (Å²) in [4.78, 5) is 12.4. The van der Waals surface area contributed by atoms with Crippen molar-refractivity contribution in [3.05, 3.63) is 65.7 Å². The molecular weight excluding hydrogens is 264 g/mol. The van der Waals surface area contributed by atoms with Crippen LogP contribution in [0.5, 0.6) is 5.75 Å². The smallest absolute Gasteiger partial charge is 0.194 e. The number of Topliss-reactive ketones (excluding diaryl/α,β-unsaturated/α-hetero) is 1. The van der Waals surface area contributed by atoms with Gasteiger partial charge in [-0.2, -0.15) is 0 Å². The predicted molar refractivity (Wildman–Crippen MR) is 80.6 cm³/mol. The average molecular weight is 282 g/mol. The Labute approximate surface area is 124 Å². The van der Waals surface area contributed by atoms with Gasteiger partial charge in [-0.1, -0.05) is 37.3 Å². The van der Waals surface area contributed by atoms with Gasteiger partial charge in [0.1, 0.15) is 11.9 Å². The van der Waals surface area contributed by atoms with Gasteiger partial charge in [-0.15, -0.1) is 0 Å². The molecule has 1 saturated heterocycles. The topological polar surface area (TPSA) is 38.8 Å². The summed E-state index contributed by atoms with van der Waals surface area (Å²) in [5.41, 5.74) is 1.72. The van der Waals surface area contributed by atoms with Crippen LogP contribution in [0.4, 0.5) is 0 Å². The number of carbonyl (C=O) groups is 1. The summed E-state index contributed by atoms with van der Waals surface area (Å²) in [6.07, 6.45) is 0.513. The minimum Gasteiger partial charge on any atom is -0.494 e. The lowest BCUT2D eigenvalue weighted by Gasteiger charge is -2.04. The Morgan fingerprint density at radius 2 is 1.81 bits per heavy atom. The maximum Gasteiger partial charge on any atom is 0.194 e. The molecule has 2 unspecified atom stereocenters. The summed E-state index contributed by atoms with van der Waals surface area (Å²) < 4.78 is 11.0. The van der Waals surface area contributed by atoms with Gasteiger partial charge in [0, 0.05) is 5.56 Å². The lowest BCUT2D eigenvalue weighted by molar-refractivity contribution is 0.0953. The molecular formula is C18H18O3. The summed E-state index contributed by atoms with van der Waals surface area (Å²) in [5.74, 6) is 0.829. The highest BCUT2D eigenvalue weighted by atomic mass is 16.6. The number of rotatable bonds is 6. The van der Waals surface area contributed by atoms with Crippen LogP contribution in [0, 0.1) is 0 Å². The number of hydrogen-bond acceptors (Lipinski definition) is 3. The van der Waals surface area contributed by atoms with Crippen LogP contribution in [0.25, 0.3) is 0 Å². The van der Waals surface area contributed by atoms with E-state index in [-0.39, 0.29) is 18.0 Å². The summed E-state index contributed by atoms with van der Waals surface area (Å²) in [6, 6.07) is 17.1. The van der Waals surface area contributed by atoms with Crippen molar-refractivity contribution < 1.29 is 14.3 Å². The van der Waals surface area contributed by atoms with Gasteiger partial charge in [0.2, 0.25) is 0 Å². The molecule has 0 spiro atoms. The van der Waals surface area contributed by atoms with E-state index in [1.54, 1.807) is 12.1 Å². The first kappa shape index (κ1) is 13.8. The van der Waals surface area contributed by atoms with Gasteiger partial charge in [-0.05, 0) is 36.2 Å². The standard InChI is InChI=1S/C18H18O3/c1-2-12-20-15-10-8-13(9-11-15)16(19)18-17(21-18)14-6-4-3-5-7-14/h3-11,17-18H,2,12H2,1H3. The molecule has 21 heavy (non-hydrogen) atoms. The Balaban J connectivity index is 1.64. The van der Waals surface area contributed by atoms with Gasteiger partial charge in [-0.25, -0.2) is 0 Å². The van der Waals surface area contributed by atoms with Crippen LogP contribution < -0.4 is 4.74 Å². The monoisotopic (exact) mass is 282 g/mol. The summed E-state index contributed by atoms with van der Waals surface area (Å²) >= 11 is 0. The van der Waals surface area contributed by atoms with Crippen molar-refractivity contribution in [3.8, 4) is 5.75 Å². The van der Waals surface area contributed by atoms with Crippen LogP contribution in [-0.4, -0.2) is 18.5 Å². The number of epoxide rings is 1. The maximum absolute atomic E-state index is 12.4. The fourth-order valence-corrected chi connectivity index (χ4v) is 2.31. The molecule has 0 N–H and O–H groups in total. The van der Waals surface area contributed by atoms with Crippen LogP contribution in [0.1, 0.15) is 35.4 Å². The molecule has 2 aromatic rings. The van der Waals surface area contributed by atoms with Gasteiger partial charge in [-0.3, -0.25) is 4.79 Å². The molecule has 0 bridgehead atoms. The van der Waals surface area contributed by atoms with Crippen LogP contribution >= 0.6 is 0 Å². The maximum atomic E-state index is 12.4. The molecule has 1 aliphatic rings. The lowest BCUT2D eigenvalue weighted by atomic mass is 10.0. The molecule has 1 fully saturated rings. The molecule has 0 amide bonds. The van der Waals surface area contributed by atoms with Crippen LogP contribution in [0.15, 0.2) is 54.6 Å². The molecule has 0 saturated carbocycles. The molecule has 3 heteroatoms. The zero-order valence-corrected chi connectivity index (χ0v) is 12.0. The molecule has 1 aliphatic heterocycles. The predicted octanol–water partition coefficient (Wildman–Crippen LogP) is 3.80. The second-order valence-electron chi connectivity index (χ2n) is 5.13. The molecule has 0 aliphatic carbocycles. The largest absolute Gasteiger partial charge is 0.494 e. The molecule has 3 rings (SSSR count). The van der Waals surface area contributed by atoms with E-state index in [4.69, 9.17) is 9.47 Å². The minimum absolute atomic E-state index is 0.0332. The number of ketones is 1. The second-order valence-corrected chi connectivity index (χ2v) is 5.13. The lowest BCUT2D eigenvalue weighted by Crippen LogP contribution is -2.08. The second kappa shape index (κ2) is 6.10. The Morgan fingerprint density at radius 3 is 2.48 bits per heavy atom. The zero-order chi connectivity index (χ0) is 14.7. The van der Waals surface area contributed by atoms with E-state index in [9.17, 15) is 4.79 Å². The van der Waals surface area contributed by atoms with Gasteiger partial charge < -0.3 is 9.47 Å². The average Bonchev–Trinajstić information content (AvgIpc) is 3.34. The van der Waals surface area contributed by atoms with E-state index in [0.717, 1.165) is 17.7 Å². The summed E-state index contributed by atoms with van der Waals surface area (Å²) in [6.45, 7) is 2.75. The molecule has 2 atom stereocenters. The third-order valence-corrected chi connectivity index (χ3v) is 3.49. The van der Waals surface area contributed by atoms with Gasteiger partial charge in [0.05, 0.1) is 6.61 Å². The Bertz CT molecular complexity index is 604. The summed E-state index contributed by atoms with van der Waals surface area (Å²) in [7, 11) is 0. The highest BCUT2D eigenvalue weighted by Gasteiger charge is 2.45. The van der Waals surface area contributed by atoms with E-state index in [2.05, 4.69) is 6.92 Å². The normalized spacial score (nSPS) is 20.0. The van der Waals surface area contributed by atoms with E-state index in [1.165, 1.54) is 0 Å². The fourth-order valence-electron chi connectivity index (χ4n) is 2.31. The van der Waals surface area contributed by atoms with E-state index in [0.29, 0.717) is 12.2 Å². The van der Waals surface area contributed by atoms with E-state index < -0.39 is 0 Å². The van der Waals surface area contributed by atoms with Crippen molar-refractivity contribution in [3.63, 3.8) is 0 Å². The third-order valence-electron chi connectivity index (χ3n) is 3.49. The van der Waals surface area contributed by atoms with Gasteiger partial charge >= 0.3 is 0 Å².